The van der Waals surface area contributed by atoms with Crippen LogP contribution in [0.25, 0.3) is 11.4 Å². The fraction of sp³-hybridized carbons (Fsp3) is 0.476. The monoisotopic (exact) mass is 406 g/mol. The molecule has 29 heavy (non-hydrogen) atoms. The van der Waals surface area contributed by atoms with E-state index in [4.69, 9.17) is 14.6 Å². The molecule has 1 aromatic carbocycles. The van der Waals surface area contributed by atoms with Crippen LogP contribution >= 0.6 is 0 Å². The third-order valence-corrected chi connectivity index (χ3v) is 4.95. The smallest absolute Gasteiger partial charge is 0.338 e. The number of hydrogen-bond donors (Lipinski definition) is 1. The van der Waals surface area contributed by atoms with Crippen molar-refractivity contribution in [2.45, 2.75) is 51.2 Å². The Morgan fingerprint density at radius 2 is 1.86 bits per heavy atom. The molecule has 0 bridgehead atoms. The van der Waals surface area contributed by atoms with Gasteiger partial charge in [0.1, 0.15) is 6.10 Å². The summed E-state index contributed by atoms with van der Waals surface area (Å²) in [4.78, 5) is 18.5. The summed E-state index contributed by atoms with van der Waals surface area (Å²) in [6.07, 6.45) is 6.86. The molecule has 3 rings (SSSR count). The lowest BCUT2D eigenvalue weighted by Crippen LogP contribution is -2.31. The van der Waals surface area contributed by atoms with E-state index in [0.717, 1.165) is 31.7 Å². The minimum Gasteiger partial charge on any atom is -0.478 e. The number of hydrogen-bond acceptors (Lipinski definition) is 5. The third-order valence-electron chi connectivity index (χ3n) is 4.95. The van der Waals surface area contributed by atoms with E-state index in [-0.39, 0.29) is 35.2 Å². The van der Waals surface area contributed by atoms with E-state index in [1.54, 1.807) is 0 Å². The molecular weight excluding hydrogens is 382 g/mol. The number of halogens is 2. The molecule has 1 aliphatic rings. The second-order valence-electron chi connectivity index (χ2n) is 7.06. The van der Waals surface area contributed by atoms with Crippen molar-refractivity contribution < 1.29 is 28.2 Å². The lowest BCUT2D eigenvalue weighted by molar-refractivity contribution is -0.138. The largest absolute Gasteiger partial charge is 0.478 e. The van der Waals surface area contributed by atoms with Crippen molar-refractivity contribution in [2.75, 3.05) is 13.2 Å². The van der Waals surface area contributed by atoms with Gasteiger partial charge in [0.15, 0.2) is 17.5 Å². The van der Waals surface area contributed by atoms with Crippen molar-refractivity contribution in [1.82, 2.24) is 9.97 Å². The van der Waals surface area contributed by atoms with Crippen molar-refractivity contribution >= 4 is 5.97 Å². The molecule has 0 unspecified atom stereocenters. The van der Waals surface area contributed by atoms with E-state index in [9.17, 15) is 13.6 Å². The summed E-state index contributed by atoms with van der Waals surface area (Å²) in [6.45, 7) is 2.66. The topological polar surface area (TPSA) is 81.5 Å². The fourth-order valence-electron chi connectivity index (χ4n) is 3.25. The van der Waals surface area contributed by atoms with Gasteiger partial charge < -0.3 is 14.6 Å². The van der Waals surface area contributed by atoms with Crippen molar-refractivity contribution in [1.29, 1.82) is 0 Å². The molecule has 0 saturated carbocycles. The van der Waals surface area contributed by atoms with Gasteiger partial charge in [0.25, 0.3) is 0 Å². The Bertz CT molecular complexity index is 837. The van der Waals surface area contributed by atoms with Crippen LogP contribution in [0.2, 0.25) is 0 Å². The molecule has 2 heterocycles. The highest BCUT2D eigenvalue weighted by molar-refractivity contribution is 5.86. The Labute approximate surface area is 167 Å². The van der Waals surface area contributed by atoms with E-state index in [1.165, 1.54) is 25.0 Å². The molecule has 1 saturated heterocycles. The number of rotatable bonds is 8. The first kappa shape index (κ1) is 21.3. The summed E-state index contributed by atoms with van der Waals surface area (Å²) >= 11 is 0. The van der Waals surface area contributed by atoms with Gasteiger partial charge in [-0.1, -0.05) is 38.7 Å². The number of aromatic carboxylic acids is 1. The Morgan fingerprint density at radius 1 is 1.10 bits per heavy atom. The second-order valence-corrected chi connectivity index (χ2v) is 7.06. The van der Waals surface area contributed by atoms with Gasteiger partial charge >= 0.3 is 5.97 Å². The molecule has 0 spiro atoms. The number of aromatic nitrogens is 2. The maximum atomic E-state index is 14.7. The number of benzene rings is 1. The minimum absolute atomic E-state index is 0.0172. The molecule has 1 N–H and O–H groups in total. The predicted octanol–water partition coefficient (Wildman–Crippen LogP) is 4.55. The molecule has 2 atom stereocenters. The zero-order chi connectivity index (χ0) is 20.8. The molecule has 0 amide bonds. The van der Waals surface area contributed by atoms with Crippen LogP contribution in [0.15, 0.2) is 24.5 Å². The van der Waals surface area contributed by atoms with Crippen LogP contribution in [-0.4, -0.2) is 40.4 Å². The standard InChI is InChI=1S/C21H24F2N2O4/c1-2-3-4-5-6-14-11-29-17(12-28-14)15-7-8-16(19(23)18(15)22)20-24-9-13(10-25-20)21(26)27/h7-10,14,17H,2-6,11-12H2,1H3,(H,26,27)/t14-,17-/m0/s1. The second kappa shape index (κ2) is 9.84. The van der Waals surface area contributed by atoms with Crippen LogP contribution in [0.4, 0.5) is 8.78 Å². The first-order valence-electron chi connectivity index (χ1n) is 9.78. The summed E-state index contributed by atoms with van der Waals surface area (Å²) in [5.74, 6) is -3.43. The predicted molar refractivity (Wildman–Crippen MR) is 102 cm³/mol. The molecule has 156 valence electrons. The molecule has 8 heteroatoms. The Kier molecular flexibility index (Phi) is 7.22. The van der Waals surface area contributed by atoms with Gasteiger partial charge in [-0.15, -0.1) is 0 Å². The maximum Gasteiger partial charge on any atom is 0.338 e. The highest BCUT2D eigenvalue weighted by Crippen LogP contribution is 2.31. The molecule has 6 nitrogen and oxygen atoms in total. The SMILES string of the molecule is CCCCCC[C@H]1CO[C@H](c2ccc(-c3ncc(C(=O)O)cn3)c(F)c2F)CO1. The lowest BCUT2D eigenvalue weighted by Gasteiger charge is -2.30. The third kappa shape index (κ3) is 5.13. The Morgan fingerprint density at radius 3 is 2.48 bits per heavy atom. The minimum atomic E-state index is -1.20. The van der Waals surface area contributed by atoms with Gasteiger partial charge in [-0.2, -0.15) is 0 Å². The number of carbonyl (C=O) groups is 1. The van der Waals surface area contributed by atoms with Gasteiger partial charge in [-0.05, 0) is 12.5 Å². The summed E-state index contributed by atoms with van der Waals surface area (Å²) in [5, 5.41) is 8.88. The number of ether oxygens (including phenoxy) is 2. The van der Waals surface area contributed by atoms with Crippen molar-refractivity contribution in [3.05, 3.63) is 47.3 Å². The van der Waals surface area contributed by atoms with Gasteiger partial charge in [-0.3, -0.25) is 0 Å². The van der Waals surface area contributed by atoms with Crippen LogP contribution in [0.5, 0.6) is 0 Å². The number of nitrogens with zero attached hydrogens (tertiary/aromatic N) is 2. The van der Waals surface area contributed by atoms with Crippen LogP contribution < -0.4 is 0 Å². The lowest BCUT2D eigenvalue weighted by atomic mass is 10.0. The summed E-state index contributed by atoms with van der Waals surface area (Å²) in [7, 11) is 0. The van der Waals surface area contributed by atoms with Gasteiger partial charge in [0.05, 0.1) is 30.4 Å². The van der Waals surface area contributed by atoms with Gasteiger partial charge in [0, 0.05) is 18.0 Å². The quantitative estimate of drug-likeness (QED) is 0.648. The Hall–Kier alpha value is -2.45. The van der Waals surface area contributed by atoms with Gasteiger partial charge in [0.2, 0.25) is 0 Å². The van der Waals surface area contributed by atoms with Crippen LogP contribution in [0.1, 0.15) is 61.1 Å². The normalized spacial score (nSPS) is 19.3. The van der Waals surface area contributed by atoms with E-state index < -0.39 is 23.7 Å². The summed E-state index contributed by atoms with van der Waals surface area (Å²) in [5.41, 5.74) is -0.199. The zero-order valence-corrected chi connectivity index (χ0v) is 16.2. The molecule has 1 aliphatic heterocycles. The van der Waals surface area contributed by atoms with Crippen molar-refractivity contribution in [3.8, 4) is 11.4 Å². The van der Waals surface area contributed by atoms with Crippen LogP contribution in [0, 0.1) is 11.6 Å². The number of carboxylic acid groups (broad SMARTS) is 1. The highest BCUT2D eigenvalue weighted by atomic mass is 19.2. The average molecular weight is 406 g/mol. The molecule has 2 aromatic rings. The average Bonchev–Trinajstić information content (AvgIpc) is 2.74. The molecule has 1 aromatic heterocycles. The molecule has 0 radical (unpaired) electrons. The number of carboxylic acids is 1. The van der Waals surface area contributed by atoms with E-state index >= 15 is 0 Å². The Balaban J connectivity index is 1.66. The van der Waals surface area contributed by atoms with Crippen molar-refractivity contribution in [3.63, 3.8) is 0 Å². The fourth-order valence-corrected chi connectivity index (χ4v) is 3.25. The molecule has 1 fully saturated rings. The van der Waals surface area contributed by atoms with E-state index in [0.29, 0.717) is 6.61 Å². The van der Waals surface area contributed by atoms with E-state index in [1.807, 2.05) is 0 Å². The van der Waals surface area contributed by atoms with Crippen LogP contribution in [0.3, 0.4) is 0 Å². The highest BCUT2D eigenvalue weighted by Gasteiger charge is 2.28. The number of unbranched alkanes of at least 4 members (excludes halogenated alkanes) is 3. The molecule has 0 aliphatic carbocycles. The molecular formula is C21H24F2N2O4. The van der Waals surface area contributed by atoms with Crippen molar-refractivity contribution in [2.24, 2.45) is 0 Å². The van der Waals surface area contributed by atoms with E-state index in [2.05, 4.69) is 16.9 Å². The van der Waals surface area contributed by atoms with Gasteiger partial charge in [-0.25, -0.2) is 23.5 Å². The summed E-state index contributed by atoms with van der Waals surface area (Å²) in [6, 6.07) is 2.79. The first-order valence-corrected chi connectivity index (χ1v) is 9.78. The summed E-state index contributed by atoms with van der Waals surface area (Å²) < 4.78 is 40.8. The maximum absolute atomic E-state index is 14.7. The first-order chi connectivity index (χ1) is 14.0. The zero-order valence-electron chi connectivity index (χ0n) is 16.2. The van der Waals surface area contributed by atoms with Crippen LogP contribution in [-0.2, 0) is 9.47 Å².